The third-order valence-corrected chi connectivity index (χ3v) is 4.99. The molecule has 0 atom stereocenters. The van der Waals surface area contributed by atoms with E-state index in [-0.39, 0.29) is 0 Å². The minimum atomic E-state index is 0.517. The summed E-state index contributed by atoms with van der Waals surface area (Å²) in [6.07, 6.45) is 3.33. The van der Waals surface area contributed by atoms with Crippen LogP contribution in [0.3, 0.4) is 0 Å². The molecule has 0 aliphatic carbocycles. The molecule has 0 spiro atoms. The van der Waals surface area contributed by atoms with Crippen molar-refractivity contribution in [2.24, 2.45) is 0 Å². The average molecular weight is 450 g/mol. The van der Waals surface area contributed by atoms with E-state index in [2.05, 4.69) is 46.4 Å². The van der Waals surface area contributed by atoms with E-state index in [1.165, 1.54) is 6.42 Å². The van der Waals surface area contributed by atoms with E-state index in [9.17, 15) is 0 Å². The zero-order valence-electron chi connectivity index (χ0n) is 17.0. The van der Waals surface area contributed by atoms with Gasteiger partial charge in [0.25, 0.3) is 0 Å². The molecule has 2 aromatic rings. The molecule has 4 nitrogen and oxygen atoms in total. The highest BCUT2D eigenvalue weighted by molar-refractivity contribution is 9.10. The monoisotopic (exact) mass is 449 g/mol. The minimum Gasteiger partial charge on any atom is -0.490 e. The van der Waals surface area contributed by atoms with Gasteiger partial charge < -0.3 is 19.5 Å². The third kappa shape index (κ3) is 8.21. The summed E-state index contributed by atoms with van der Waals surface area (Å²) in [5.41, 5.74) is 2.29. The lowest BCUT2D eigenvalue weighted by Gasteiger charge is -2.15. The van der Waals surface area contributed by atoms with Crippen molar-refractivity contribution in [3.63, 3.8) is 0 Å². The van der Waals surface area contributed by atoms with Crippen LogP contribution in [0, 0.1) is 0 Å². The zero-order chi connectivity index (χ0) is 20.0. The minimum absolute atomic E-state index is 0.517. The molecule has 28 heavy (non-hydrogen) atoms. The van der Waals surface area contributed by atoms with Crippen molar-refractivity contribution in [2.45, 2.75) is 46.3 Å². The Morgan fingerprint density at radius 3 is 2.43 bits per heavy atom. The Balaban J connectivity index is 1.86. The Kier molecular flexibility index (Phi) is 11.0. The molecule has 0 aliphatic heterocycles. The molecule has 0 unspecified atom stereocenters. The highest BCUT2D eigenvalue weighted by Gasteiger charge is 2.11. The van der Waals surface area contributed by atoms with Gasteiger partial charge >= 0.3 is 0 Å². The van der Waals surface area contributed by atoms with Crippen LogP contribution in [0.25, 0.3) is 0 Å². The molecule has 0 heterocycles. The summed E-state index contributed by atoms with van der Waals surface area (Å²) in [4.78, 5) is 0. The van der Waals surface area contributed by atoms with Gasteiger partial charge in [-0.25, -0.2) is 0 Å². The molecule has 0 radical (unpaired) electrons. The van der Waals surface area contributed by atoms with E-state index < -0.39 is 0 Å². The van der Waals surface area contributed by atoms with E-state index in [0.29, 0.717) is 13.2 Å². The second kappa shape index (κ2) is 13.6. The number of unbranched alkanes of at least 4 members (excludes halogenated alkanes) is 1. The van der Waals surface area contributed by atoms with Crippen LogP contribution in [0.4, 0.5) is 0 Å². The van der Waals surface area contributed by atoms with Gasteiger partial charge in [0, 0.05) is 24.2 Å². The Bertz CT molecular complexity index is 679. The van der Waals surface area contributed by atoms with Crippen LogP contribution in [0.1, 0.15) is 44.2 Å². The summed E-state index contributed by atoms with van der Waals surface area (Å²) in [5.74, 6) is 1.53. The van der Waals surface area contributed by atoms with Crippen molar-refractivity contribution in [3.05, 3.63) is 58.1 Å². The quantitative estimate of drug-likeness (QED) is 0.374. The molecule has 2 rings (SSSR count). The second-order valence-electron chi connectivity index (χ2n) is 6.59. The van der Waals surface area contributed by atoms with E-state index in [4.69, 9.17) is 14.2 Å². The maximum Gasteiger partial charge on any atom is 0.162 e. The Labute approximate surface area is 177 Å². The molecule has 0 bridgehead atoms. The summed E-state index contributed by atoms with van der Waals surface area (Å²) in [6.45, 7) is 8.66. The molecule has 2 aromatic carbocycles. The lowest BCUT2D eigenvalue weighted by Crippen LogP contribution is -2.17. The smallest absolute Gasteiger partial charge is 0.162 e. The van der Waals surface area contributed by atoms with Crippen molar-refractivity contribution in [1.82, 2.24) is 5.32 Å². The highest BCUT2D eigenvalue weighted by Crippen LogP contribution is 2.34. The van der Waals surface area contributed by atoms with Gasteiger partial charge in [0.1, 0.15) is 6.61 Å². The van der Waals surface area contributed by atoms with Gasteiger partial charge in [-0.3, -0.25) is 0 Å². The van der Waals surface area contributed by atoms with Crippen molar-refractivity contribution < 1.29 is 14.2 Å². The first-order valence-corrected chi connectivity index (χ1v) is 10.9. The molecule has 0 aliphatic rings. The van der Waals surface area contributed by atoms with Gasteiger partial charge in [-0.1, -0.05) is 59.6 Å². The topological polar surface area (TPSA) is 39.7 Å². The van der Waals surface area contributed by atoms with Crippen LogP contribution in [-0.2, 0) is 17.9 Å². The number of nitrogens with one attached hydrogen (secondary N) is 1. The second-order valence-corrected chi connectivity index (χ2v) is 7.45. The summed E-state index contributed by atoms with van der Waals surface area (Å²) in [7, 11) is 0. The van der Waals surface area contributed by atoms with Crippen molar-refractivity contribution >= 4 is 15.9 Å². The fraction of sp³-hybridized carbons (Fsp3) is 0.478. The lowest BCUT2D eigenvalue weighted by molar-refractivity contribution is 0.128. The van der Waals surface area contributed by atoms with Crippen LogP contribution in [0.2, 0.25) is 0 Å². The predicted octanol–water partition coefficient (Wildman–Crippen LogP) is 5.72. The van der Waals surface area contributed by atoms with E-state index in [0.717, 1.165) is 66.2 Å². The molecule has 154 valence electrons. The maximum absolute atomic E-state index is 6.01. The largest absolute Gasteiger partial charge is 0.490 e. The van der Waals surface area contributed by atoms with Crippen LogP contribution >= 0.6 is 15.9 Å². The number of rotatable bonds is 14. The normalized spacial score (nSPS) is 10.8. The fourth-order valence-electron chi connectivity index (χ4n) is 2.70. The molecule has 0 amide bonds. The number of hydrogen-bond donors (Lipinski definition) is 1. The van der Waals surface area contributed by atoms with Gasteiger partial charge in [-0.05, 0) is 49.6 Å². The highest BCUT2D eigenvalue weighted by atomic mass is 79.9. The first-order chi connectivity index (χ1) is 13.7. The molecule has 0 fully saturated rings. The maximum atomic E-state index is 6.01. The van der Waals surface area contributed by atoms with Crippen molar-refractivity contribution in [1.29, 1.82) is 0 Å². The molecular formula is C23H32BrNO3. The number of halogens is 1. The van der Waals surface area contributed by atoms with E-state index in [1.54, 1.807) is 0 Å². The predicted molar refractivity (Wildman–Crippen MR) is 118 cm³/mol. The number of benzene rings is 2. The zero-order valence-corrected chi connectivity index (χ0v) is 18.6. The number of hydrogen-bond acceptors (Lipinski definition) is 4. The van der Waals surface area contributed by atoms with Crippen LogP contribution in [0.15, 0.2) is 46.9 Å². The van der Waals surface area contributed by atoms with Gasteiger partial charge in [0.15, 0.2) is 11.5 Å². The van der Waals surface area contributed by atoms with Crippen molar-refractivity contribution in [2.75, 3.05) is 26.4 Å². The first kappa shape index (κ1) is 22.7. The van der Waals surface area contributed by atoms with E-state index >= 15 is 0 Å². The standard InChI is InChI=1S/C23H32BrNO3/c1-3-5-13-26-14-9-12-25-17-20-15-22(27-4-2)23(16-21(20)24)28-18-19-10-7-6-8-11-19/h6-8,10-11,15-16,25H,3-5,9,12-14,17-18H2,1-2H3. The summed E-state index contributed by atoms with van der Waals surface area (Å²) >= 11 is 3.67. The number of ether oxygens (including phenoxy) is 3. The molecule has 5 heteroatoms. The summed E-state index contributed by atoms with van der Waals surface area (Å²) in [6, 6.07) is 14.2. The Morgan fingerprint density at radius 1 is 0.929 bits per heavy atom. The SMILES string of the molecule is CCCCOCCCNCc1cc(OCC)c(OCc2ccccc2)cc1Br. The molecule has 1 N–H and O–H groups in total. The van der Waals surface area contributed by atoms with E-state index in [1.807, 2.05) is 31.2 Å². The van der Waals surface area contributed by atoms with Crippen LogP contribution < -0.4 is 14.8 Å². The van der Waals surface area contributed by atoms with Gasteiger partial charge in [0.05, 0.1) is 6.61 Å². The summed E-state index contributed by atoms with van der Waals surface area (Å²) in [5, 5.41) is 3.47. The first-order valence-electron chi connectivity index (χ1n) is 10.1. The van der Waals surface area contributed by atoms with Gasteiger partial charge in [0.2, 0.25) is 0 Å². The molecule has 0 saturated carbocycles. The Hall–Kier alpha value is -1.56. The Morgan fingerprint density at radius 2 is 1.68 bits per heavy atom. The third-order valence-electron chi connectivity index (χ3n) is 4.25. The fourth-order valence-corrected chi connectivity index (χ4v) is 3.16. The van der Waals surface area contributed by atoms with Gasteiger partial charge in [-0.2, -0.15) is 0 Å². The van der Waals surface area contributed by atoms with Gasteiger partial charge in [-0.15, -0.1) is 0 Å². The summed E-state index contributed by atoms with van der Waals surface area (Å²) < 4.78 is 18.4. The molecule has 0 aromatic heterocycles. The average Bonchev–Trinajstić information content (AvgIpc) is 2.71. The molecular weight excluding hydrogens is 418 g/mol. The van der Waals surface area contributed by atoms with Crippen molar-refractivity contribution in [3.8, 4) is 11.5 Å². The van der Waals surface area contributed by atoms with Crippen LogP contribution in [-0.4, -0.2) is 26.4 Å². The molecule has 0 saturated heterocycles. The van der Waals surface area contributed by atoms with Crippen LogP contribution in [0.5, 0.6) is 11.5 Å². The lowest BCUT2D eigenvalue weighted by atomic mass is 10.2.